The lowest BCUT2D eigenvalue weighted by Crippen LogP contribution is -2.54. The number of hydrogen-bond donors (Lipinski definition) is 1. The summed E-state index contributed by atoms with van der Waals surface area (Å²) in [5.74, 6) is 0.137. The van der Waals surface area contributed by atoms with Crippen LogP contribution in [0.2, 0.25) is 10.0 Å². The minimum absolute atomic E-state index is 0.137. The summed E-state index contributed by atoms with van der Waals surface area (Å²) in [6.07, 6.45) is 2.16. The lowest BCUT2D eigenvalue weighted by molar-refractivity contribution is -0.138. The molecular weight excluding hydrogens is 307 g/mol. The molecule has 1 aromatic carbocycles. The minimum Gasteiger partial charge on any atom is -0.334 e. The van der Waals surface area contributed by atoms with Gasteiger partial charge in [0.25, 0.3) is 0 Å². The van der Waals surface area contributed by atoms with E-state index in [0.717, 1.165) is 24.9 Å². The molecule has 0 aliphatic heterocycles. The standard InChI is InChI=1S/C16H22Cl2N2O/c1-4-19-16(2,3)15(21)20(12-6-7-12)10-11-5-8-13(17)14(18)9-11/h5,8-9,12,19H,4,6-7,10H2,1-3H3. The van der Waals surface area contributed by atoms with Crippen LogP contribution in [0.4, 0.5) is 0 Å². The van der Waals surface area contributed by atoms with Gasteiger partial charge in [-0.1, -0.05) is 36.2 Å². The maximum absolute atomic E-state index is 12.8. The fourth-order valence-electron chi connectivity index (χ4n) is 2.46. The molecule has 1 fully saturated rings. The van der Waals surface area contributed by atoms with E-state index in [2.05, 4.69) is 5.32 Å². The Morgan fingerprint density at radius 3 is 2.52 bits per heavy atom. The van der Waals surface area contributed by atoms with E-state index in [1.54, 1.807) is 6.07 Å². The van der Waals surface area contributed by atoms with Gasteiger partial charge in [0.1, 0.15) is 0 Å². The Bertz CT molecular complexity index is 527. The van der Waals surface area contributed by atoms with Crippen molar-refractivity contribution >= 4 is 29.1 Å². The third-order valence-corrected chi connectivity index (χ3v) is 4.48. The Balaban J connectivity index is 2.16. The summed E-state index contributed by atoms with van der Waals surface area (Å²) in [4.78, 5) is 14.8. The number of carbonyl (C=O) groups is 1. The van der Waals surface area contributed by atoms with Gasteiger partial charge >= 0.3 is 0 Å². The summed E-state index contributed by atoms with van der Waals surface area (Å²) in [7, 11) is 0. The third-order valence-electron chi connectivity index (χ3n) is 3.74. The molecule has 1 aromatic rings. The molecule has 0 saturated heterocycles. The SMILES string of the molecule is CCNC(C)(C)C(=O)N(Cc1ccc(Cl)c(Cl)c1)C1CC1. The topological polar surface area (TPSA) is 32.3 Å². The van der Waals surface area contributed by atoms with Gasteiger partial charge in [0.15, 0.2) is 0 Å². The zero-order valence-corrected chi connectivity index (χ0v) is 14.3. The fraction of sp³-hybridized carbons (Fsp3) is 0.562. The first-order chi connectivity index (χ1) is 9.85. The minimum atomic E-state index is -0.548. The number of amides is 1. The quantitative estimate of drug-likeness (QED) is 0.859. The first-order valence-electron chi connectivity index (χ1n) is 7.35. The number of hydrogen-bond acceptors (Lipinski definition) is 2. The van der Waals surface area contributed by atoms with Gasteiger partial charge in [0.05, 0.1) is 15.6 Å². The second-order valence-corrected chi connectivity index (χ2v) is 6.88. The lowest BCUT2D eigenvalue weighted by atomic mass is 10.0. The van der Waals surface area contributed by atoms with Crippen molar-refractivity contribution < 1.29 is 4.79 Å². The highest BCUT2D eigenvalue weighted by Crippen LogP contribution is 2.31. The van der Waals surface area contributed by atoms with Gasteiger partial charge in [-0.3, -0.25) is 4.79 Å². The lowest BCUT2D eigenvalue weighted by Gasteiger charge is -2.33. The molecule has 1 amide bonds. The molecule has 1 N–H and O–H groups in total. The average molecular weight is 329 g/mol. The van der Waals surface area contributed by atoms with E-state index in [-0.39, 0.29) is 5.91 Å². The monoisotopic (exact) mass is 328 g/mol. The highest BCUT2D eigenvalue weighted by atomic mass is 35.5. The molecule has 2 rings (SSSR count). The van der Waals surface area contributed by atoms with E-state index in [1.165, 1.54) is 0 Å². The van der Waals surface area contributed by atoms with Gasteiger partial charge in [-0.25, -0.2) is 0 Å². The van der Waals surface area contributed by atoms with Crippen molar-refractivity contribution in [2.45, 2.75) is 51.7 Å². The number of likely N-dealkylation sites (N-methyl/N-ethyl adjacent to an activating group) is 1. The number of rotatable bonds is 6. The second-order valence-electron chi connectivity index (χ2n) is 6.07. The number of carbonyl (C=O) groups excluding carboxylic acids is 1. The Hall–Kier alpha value is -0.770. The Kier molecular flexibility index (Phi) is 5.18. The summed E-state index contributed by atoms with van der Waals surface area (Å²) in [6.45, 7) is 7.22. The molecule has 1 aliphatic carbocycles. The number of benzene rings is 1. The zero-order chi connectivity index (χ0) is 15.6. The number of halogens is 2. The third kappa shape index (κ3) is 4.12. The summed E-state index contributed by atoms with van der Waals surface area (Å²) in [5.41, 5.74) is 0.463. The van der Waals surface area contributed by atoms with Crippen molar-refractivity contribution in [2.75, 3.05) is 6.54 Å². The fourth-order valence-corrected chi connectivity index (χ4v) is 2.78. The van der Waals surface area contributed by atoms with E-state index in [9.17, 15) is 4.79 Å². The van der Waals surface area contributed by atoms with Crippen LogP contribution in [-0.4, -0.2) is 28.9 Å². The molecular formula is C16H22Cl2N2O. The van der Waals surface area contributed by atoms with Crippen molar-refractivity contribution in [3.63, 3.8) is 0 Å². The van der Waals surface area contributed by atoms with E-state index < -0.39 is 5.54 Å². The number of nitrogens with one attached hydrogen (secondary N) is 1. The van der Waals surface area contributed by atoms with Crippen LogP contribution < -0.4 is 5.32 Å². The van der Waals surface area contributed by atoms with Crippen LogP contribution in [0.5, 0.6) is 0 Å². The van der Waals surface area contributed by atoms with Crippen LogP contribution in [0.25, 0.3) is 0 Å². The molecule has 5 heteroatoms. The predicted molar refractivity (Wildman–Crippen MR) is 87.8 cm³/mol. The first-order valence-corrected chi connectivity index (χ1v) is 8.10. The summed E-state index contributed by atoms with van der Waals surface area (Å²) < 4.78 is 0. The molecule has 0 atom stereocenters. The smallest absolute Gasteiger partial charge is 0.242 e. The molecule has 116 valence electrons. The largest absolute Gasteiger partial charge is 0.334 e. The van der Waals surface area contributed by atoms with Gasteiger partial charge in [-0.05, 0) is 50.9 Å². The highest BCUT2D eigenvalue weighted by molar-refractivity contribution is 6.42. The average Bonchev–Trinajstić information content (AvgIpc) is 3.23. The van der Waals surface area contributed by atoms with Gasteiger partial charge in [0.2, 0.25) is 5.91 Å². The summed E-state index contributed by atoms with van der Waals surface area (Å²) in [6, 6.07) is 5.90. The number of nitrogens with zero attached hydrogens (tertiary/aromatic N) is 1. The molecule has 0 bridgehead atoms. The molecule has 0 radical (unpaired) electrons. The maximum atomic E-state index is 12.8. The Morgan fingerprint density at radius 2 is 2.00 bits per heavy atom. The van der Waals surface area contributed by atoms with E-state index in [4.69, 9.17) is 23.2 Å². The Labute approximate surface area is 136 Å². The normalized spacial score (nSPS) is 15.1. The van der Waals surface area contributed by atoms with Crippen molar-refractivity contribution in [1.29, 1.82) is 0 Å². The van der Waals surface area contributed by atoms with Gasteiger partial charge < -0.3 is 10.2 Å². The van der Waals surface area contributed by atoms with Gasteiger partial charge in [-0.2, -0.15) is 0 Å². The molecule has 3 nitrogen and oxygen atoms in total. The van der Waals surface area contributed by atoms with Crippen LogP contribution >= 0.6 is 23.2 Å². The maximum Gasteiger partial charge on any atom is 0.242 e. The van der Waals surface area contributed by atoms with Gasteiger partial charge in [-0.15, -0.1) is 0 Å². The molecule has 1 saturated carbocycles. The van der Waals surface area contributed by atoms with E-state index in [1.807, 2.05) is 37.8 Å². The van der Waals surface area contributed by atoms with E-state index >= 15 is 0 Å². The van der Waals surface area contributed by atoms with Crippen LogP contribution in [-0.2, 0) is 11.3 Å². The van der Waals surface area contributed by atoms with Crippen molar-refractivity contribution in [3.8, 4) is 0 Å². The zero-order valence-electron chi connectivity index (χ0n) is 12.7. The molecule has 0 unspecified atom stereocenters. The molecule has 0 heterocycles. The van der Waals surface area contributed by atoms with Crippen molar-refractivity contribution in [3.05, 3.63) is 33.8 Å². The van der Waals surface area contributed by atoms with Crippen LogP contribution in [0.15, 0.2) is 18.2 Å². The van der Waals surface area contributed by atoms with E-state index in [0.29, 0.717) is 22.6 Å². The summed E-state index contributed by atoms with van der Waals surface area (Å²) in [5, 5.41) is 4.32. The molecule has 0 spiro atoms. The summed E-state index contributed by atoms with van der Waals surface area (Å²) >= 11 is 12.0. The van der Waals surface area contributed by atoms with Crippen LogP contribution in [0, 0.1) is 0 Å². The van der Waals surface area contributed by atoms with Crippen molar-refractivity contribution in [1.82, 2.24) is 10.2 Å². The van der Waals surface area contributed by atoms with Crippen LogP contribution in [0.1, 0.15) is 39.2 Å². The molecule has 0 aromatic heterocycles. The van der Waals surface area contributed by atoms with Gasteiger partial charge in [0, 0.05) is 12.6 Å². The van der Waals surface area contributed by atoms with Crippen LogP contribution in [0.3, 0.4) is 0 Å². The highest BCUT2D eigenvalue weighted by Gasteiger charge is 2.39. The first kappa shape index (κ1) is 16.6. The molecule has 21 heavy (non-hydrogen) atoms. The second kappa shape index (κ2) is 6.55. The Morgan fingerprint density at radius 1 is 1.33 bits per heavy atom. The molecule has 1 aliphatic rings. The van der Waals surface area contributed by atoms with Crippen molar-refractivity contribution in [2.24, 2.45) is 0 Å². The predicted octanol–water partition coefficient (Wildman–Crippen LogP) is 3.87.